The van der Waals surface area contributed by atoms with E-state index in [-0.39, 0.29) is 35.5 Å². The molecule has 0 rings (SSSR count). The normalized spacial score (nSPS) is 15.0. The first kappa shape index (κ1) is 17.1. The van der Waals surface area contributed by atoms with Gasteiger partial charge in [0.2, 0.25) is 5.91 Å². The molecule has 0 saturated heterocycles. The maximum absolute atomic E-state index is 12.1. The van der Waals surface area contributed by atoms with Gasteiger partial charge in [-0.05, 0) is 18.3 Å². The molecule has 0 radical (unpaired) electrons. The number of Topliss-reactive ketones (excluding diaryl/α,β-unsaturated/α-hetero) is 1. The maximum Gasteiger partial charge on any atom is 0.223 e. The SMILES string of the molecule is CC(C)C[C@@H](C)C(=O)N[C@H](C(=O)C(C)C)C(C)C. The molecule has 2 atom stereocenters. The Balaban J connectivity index is 4.60. The highest BCUT2D eigenvalue weighted by atomic mass is 16.2. The summed E-state index contributed by atoms with van der Waals surface area (Å²) in [6, 6.07) is -0.355. The summed E-state index contributed by atoms with van der Waals surface area (Å²) in [6.45, 7) is 13.8. The average Bonchev–Trinajstić information content (AvgIpc) is 2.22. The van der Waals surface area contributed by atoms with Crippen LogP contribution in [-0.4, -0.2) is 17.7 Å². The van der Waals surface area contributed by atoms with Crippen LogP contribution in [0.15, 0.2) is 0 Å². The molecule has 0 fully saturated rings. The molecule has 0 bridgehead atoms. The van der Waals surface area contributed by atoms with Gasteiger partial charge in [0.15, 0.2) is 5.78 Å². The number of ketones is 1. The number of nitrogens with one attached hydrogen (secondary N) is 1. The summed E-state index contributed by atoms with van der Waals surface area (Å²) in [5, 5.41) is 2.91. The molecule has 0 aliphatic heterocycles. The zero-order valence-corrected chi connectivity index (χ0v) is 12.9. The predicted molar refractivity (Wildman–Crippen MR) is 75.2 cm³/mol. The second kappa shape index (κ2) is 7.55. The van der Waals surface area contributed by atoms with Crippen LogP contribution in [0.1, 0.15) is 54.9 Å². The molecule has 0 aliphatic rings. The Hall–Kier alpha value is -0.860. The predicted octanol–water partition coefficient (Wildman–Crippen LogP) is 3.03. The van der Waals surface area contributed by atoms with Crippen molar-refractivity contribution in [2.45, 2.75) is 60.9 Å². The van der Waals surface area contributed by atoms with Crippen LogP contribution in [0, 0.1) is 23.7 Å². The fourth-order valence-corrected chi connectivity index (χ4v) is 2.04. The average molecular weight is 255 g/mol. The molecule has 0 unspecified atom stereocenters. The van der Waals surface area contributed by atoms with E-state index in [1.807, 2.05) is 34.6 Å². The fraction of sp³-hybridized carbons (Fsp3) is 0.867. The van der Waals surface area contributed by atoms with Gasteiger partial charge in [0.1, 0.15) is 0 Å². The van der Waals surface area contributed by atoms with Crippen molar-refractivity contribution < 1.29 is 9.59 Å². The van der Waals surface area contributed by atoms with Crippen LogP contribution in [0.5, 0.6) is 0 Å². The highest BCUT2D eigenvalue weighted by Crippen LogP contribution is 2.14. The zero-order valence-electron chi connectivity index (χ0n) is 12.9. The number of rotatable bonds is 7. The lowest BCUT2D eigenvalue weighted by Gasteiger charge is -2.25. The molecule has 0 saturated carbocycles. The molecule has 3 heteroatoms. The van der Waals surface area contributed by atoms with Gasteiger partial charge in [-0.15, -0.1) is 0 Å². The standard InChI is InChI=1S/C15H29NO2/c1-9(2)8-12(7)15(18)16-13(10(3)4)14(17)11(5)6/h9-13H,8H2,1-7H3,(H,16,18)/t12-,13+/m1/s1. The van der Waals surface area contributed by atoms with Crippen LogP contribution in [0.4, 0.5) is 0 Å². The smallest absolute Gasteiger partial charge is 0.223 e. The Kier molecular flexibility index (Phi) is 7.19. The van der Waals surface area contributed by atoms with Crippen molar-refractivity contribution >= 4 is 11.7 Å². The summed E-state index contributed by atoms with van der Waals surface area (Å²) >= 11 is 0. The summed E-state index contributed by atoms with van der Waals surface area (Å²) in [5.74, 6) is 0.662. The first-order chi connectivity index (χ1) is 8.16. The van der Waals surface area contributed by atoms with E-state index < -0.39 is 0 Å². The monoisotopic (exact) mass is 255 g/mol. The Morgan fingerprint density at radius 3 is 1.78 bits per heavy atom. The van der Waals surface area contributed by atoms with Gasteiger partial charge in [0.05, 0.1) is 6.04 Å². The van der Waals surface area contributed by atoms with Gasteiger partial charge >= 0.3 is 0 Å². The molecule has 1 N–H and O–H groups in total. The minimum Gasteiger partial charge on any atom is -0.346 e. The summed E-state index contributed by atoms with van der Waals surface area (Å²) < 4.78 is 0. The molecular formula is C15H29NO2. The van der Waals surface area contributed by atoms with E-state index in [9.17, 15) is 9.59 Å². The lowest BCUT2D eigenvalue weighted by atomic mass is 9.91. The number of carbonyl (C=O) groups excluding carboxylic acids is 2. The molecule has 0 spiro atoms. The molecule has 0 aromatic heterocycles. The minimum atomic E-state index is -0.355. The third kappa shape index (κ3) is 5.65. The van der Waals surface area contributed by atoms with Crippen molar-refractivity contribution in [3.63, 3.8) is 0 Å². The van der Waals surface area contributed by atoms with Crippen molar-refractivity contribution in [3.8, 4) is 0 Å². The molecule has 1 amide bonds. The summed E-state index contributed by atoms with van der Waals surface area (Å²) in [6.07, 6.45) is 0.854. The first-order valence-corrected chi connectivity index (χ1v) is 7.00. The van der Waals surface area contributed by atoms with E-state index in [0.717, 1.165) is 6.42 Å². The first-order valence-electron chi connectivity index (χ1n) is 7.00. The Labute approximate surface area is 112 Å². The highest BCUT2D eigenvalue weighted by Gasteiger charge is 2.27. The van der Waals surface area contributed by atoms with Crippen LogP contribution in [0.2, 0.25) is 0 Å². The summed E-state index contributed by atoms with van der Waals surface area (Å²) in [4.78, 5) is 24.1. The van der Waals surface area contributed by atoms with Crippen LogP contribution in [0.25, 0.3) is 0 Å². The fourth-order valence-electron chi connectivity index (χ4n) is 2.04. The van der Waals surface area contributed by atoms with Crippen LogP contribution < -0.4 is 5.32 Å². The van der Waals surface area contributed by atoms with Gasteiger partial charge in [-0.2, -0.15) is 0 Å². The van der Waals surface area contributed by atoms with Crippen LogP contribution in [0.3, 0.4) is 0 Å². The van der Waals surface area contributed by atoms with Crippen molar-refractivity contribution in [3.05, 3.63) is 0 Å². The third-order valence-electron chi connectivity index (χ3n) is 3.11. The Morgan fingerprint density at radius 1 is 0.944 bits per heavy atom. The zero-order chi connectivity index (χ0) is 14.5. The van der Waals surface area contributed by atoms with E-state index >= 15 is 0 Å². The molecule has 0 aliphatic carbocycles. The van der Waals surface area contributed by atoms with Gasteiger partial charge < -0.3 is 5.32 Å². The maximum atomic E-state index is 12.1. The van der Waals surface area contributed by atoms with Crippen molar-refractivity contribution in [1.82, 2.24) is 5.32 Å². The van der Waals surface area contributed by atoms with Gasteiger partial charge in [0.25, 0.3) is 0 Å². The Morgan fingerprint density at radius 2 is 1.44 bits per heavy atom. The quantitative estimate of drug-likeness (QED) is 0.760. The van der Waals surface area contributed by atoms with Gasteiger partial charge in [-0.1, -0.05) is 48.5 Å². The van der Waals surface area contributed by atoms with E-state index in [2.05, 4.69) is 19.2 Å². The van der Waals surface area contributed by atoms with Crippen molar-refractivity contribution in [2.75, 3.05) is 0 Å². The number of hydrogen-bond acceptors (Lipinski definition) is 2. The molecule has 18 heavy (non-hydrogen) atoms. The van der Waals surface area contributed by atoms with E-state index in [1.165, 1.54) is 0 Å². The largest absolute Gasteiger partial charge is 0.346 e. The minimum absolute atomic E-state index is 0.00333. The Bertz CT molecular complexity index is 282. The lowest BCUT2D eigenvalue weighted by Crippen LogP contribution is -2.47. The van der Waals surface area contributed by atoms with E-state index in [1.54, 1.807) is 0 Å². The molecule has 106 valence electrons. The van der Waals surface area contributed by atoms with E-state index in [4.69, 9.17) is 0 Å². The van der Waals surface area contributed by atoms with Crippen molar-refractivity contribution in [2.24, 2.45) is 23.7 Å². The summed E-state index contributed by atoms with van der Waals surface area (Å²) in [5.41, 5.74) is 0. The number of carbonyl (C=O) groups is 2. The number of amides is 1. The lowest BCUT2D eigenvalue weighted by molar-refractivity contribution is -0.132. The van der Waals surface area contributed by atoms with Crippen molar-refractivity contribution in [1.29, 1.82) is 0 Å². The topological polar surface area (TPSA) is 46.2 Å². The summed E-state index contributed by atoms with van der Waals surface area (Å²) in [7, 11) is 0. The molecule has 0 aromatic carbocycles. The van der Waals surface area contributed by atoms with Gasteiger partial charge in [0, 0.05) is 11.8 Å². The molecule has 0 aromatic rings. The van der Waals surface area contributed by atoms with Crippen LogP contribution >= 0.6 is 0 Å². The highest BCUT2D eigenvalue weighted by molar-refractivity contribution is 5.90. The molecule has 3 nitrogen and oxygen atoms in total. The third-order valence-corrected chi connectivity index (χ3v) is 3.11. The molecular weight excluding hydrogens is 226 g/mol. The van der Waals surface area contributed by atoms with E-state index in [0.29, 0.717) is 5.92 Å². The van der Waals surface area contributed by atoms with Crippen LogP contribution in [-0.2, 0) is 9.59 Å². The van der Waals surface area contributed by atoms with Gasteiger partial charge in [-0.3, -0.25) is 9.59 Å². The van der Waals surface area contributed by atoms with Gasteiger partial charge in [-0.25, -0.2) is 0 Å². The second-order valence-electron chi connectivity index (χ2n) is 6.32. The number of hydrogen-bond donors (Lipinski definition) is 1. The second-order valence-corrected chi connectivity index (χ2v) is 6.32. The molecule has 0 heterocycles.